The lowest BCUT2D eigenvalue weighted by atomic mass is 9.99. The van der Waals surface area contributed by atoms with E-state index in [-0.39, 0.29) is 0 Å². The van der Waals surface area contributed by atoms with Gasteiger partial charge in [-0.25, -0.2) is 0 Å². The van der Waals surface area contributed by atoms with E-state index in [1.54, 1.807) is 0 Å². The molecule has 0 amide bonds. The van der Waals surface area contributed by atoms with Gasteiger partial charge in [-0.2, -0.15) is 0 Å². The molecule has 0 N–H and O–H groups in total. The summed E-state index contributed by atoms with van der Waals surface area (Å²) in [6.45, 7) is 30.1. The summed E-state index contributed by atoms with van der Waals surface area (Å²) in [7, 11) is 0. The number of fused-ring (bicyclic) bond motifs is 1. The van der Waals surface area contributed by atoms with Crippen molar-refractivity contribution in [3.8, 4) is 11.8 Å². The first-order valence-electron chi connectivity index (χ1n) is 11.7. The molecule has 0 aliphatic heterocycles. The molecule has 0 nitrogen and oxygen atoms in total. The molecule has 1 aliphatic carbocycles. The van der Waals surface area contributed by atoms with Gasteiger partial charge in [-0.1, -0.05) is 102 Å². The molecule has 0 bridgehead atoms. The third kappa shape index (κ3) is 13.4. The first kappa shape index (κ1) is 33.1. The van der Waals surface area contributed by atoms with Gasteiger partial charge in [0.05, 0.1) is 0 Å². The zero-order chi connectivity index (χ0) is 24.8. The standard InChI is InChI=1S/C21H24.C4H6.3C2H6/c1-6-9-15(2)12-16(3)17(4)14-21-18(5)13-19-10-7-8-11-20(19)21;1-3-4-2;3*1-2/h6-8,10-12,14H,1,3,9,13H2,2,4-5H3;1-2H3;3*1-2H3/b15-12-,17-14+;;;;. The Morgan fingerprint density at radius 2 is 1.48 bits per heavy atom. The molecule has 2 rings (SSSR count). The number of rotatable bonds is 5. The molecule has 0 aromatic heterocycles. The molecule has 0 saturated carbocycles. The van der Waals surface area contributed by atoms with Gasteiger partial charge in [0.1, 0.15) is 0 Å². The highest BCUT2D eigenvalue weighted by molar-refractivity contribution is 5.83. The first-order valence-corrected chi connectivity index (χ1v) is 11.7. The van der Waals surface area contributed by atoms with Crippen LogP contribution in [0.3, 0.4) is 0 Å². The van der Waals surface area contributed by atoms with Gasteiger partial charge in [0.25, 0.3) is 0 Å². The van der Waals surface area contributed by atoms with Crippen LogP contribution < -0.4 is 0 Å². The van der Waals surface area contributed by atoms with Crippen LogP contribution in [0.15, 0.2) is 77.9 Å². The summed E-state index contributed by atoms with van der Waals surface area (Å²) < 4.78 is 0. The van der Waals surface area contributed by atoms with Crippen molar-refractivity contribution in [2.75, 3.05) is 0 Å². The summed E-state index contributed by atoms with van der Waals surface area (Å²) >= 11 is 0. The molecule has 0 fully saturated rings. The van der Waals surface area contributed by atoms with Crippen LogP contribution in [0, 0.1) is 11.8 Å². The Hall–Kier alpha value is -2.52. The van der Waals surface area contributed by atoms with Crippen LogP contribution >= 0.6 is 0 Å². The zero-order valence-corrected chi connectivity index (χ0v) is 22.4. The van der Waals surface area contributed by atoms with Crippen LogP contribution in [0.5, 0.6) is 0 Å². The van der Waals surface area contributed by atoms with Crippen LogP contribution in [-0.4, -0.2) is 0 Å². The molecule has 172 valence electrons. The lowest BCUT2D eigenvalue weighted by molar-refractivity contribution is 1.19. The van der Waals surface area contributed by atoms with Crippen molar-refractivity contribution in [3.63, 3.8) is 0 Å². The lowest BCUT2D eigenvalue weighted by Gasteiger charge is -2.06. The van der Waals surface area contributed by atoms with Gasteiger partial charge in [0.2, 0.25) is 0 Å². The Morgan fingerprint density at radius 1 is 0.968 bits per heavy atom. The third-order valence-corrected chi connectivity index (χ3v) is 4.23. The molecule has 0 spiro atoms. The Kier molecular flexibility index (Phi) is 23.7. The van der Waals surface area contributed by atoms with E-state index < -0.39 is 0 Å². The zero-order valence-electron chi connectivity index (χ0n) is 22.4. The number of hydrogen-bond donors (Lipinski definition) is 0. The highest BCUT2D eigenvalue weighted by Crippen LogP contribution is 2.34. The third-order valence-electron chi connectivity index (χ3n) is 4.23. The molecule has 1 aromatic carbocycles. The van der Waals surface area contributed by atoms with Crippen LogP contribution in [-0.2, 0) is 6.42 Å². The maximum atomic E-state index is 4.20. The van der Waals surface area contributed by atoms with E-state index >= 15 is 0 Å². The second kappa shape index (κ2) is 22.2. The van der Waals surface area contributed by atoms with Gasteiger partial charge in [-0.15, -0.1) is 18.4 Å². The highest BCUT2D eigenvalue weighted by Gasteiger charge is 2.16. The quantitative estimate of drug-likeness (QED) is 0.252. The number of hydrogen-bond acceptors (Lipinski definition) is 0. The molecule has 31 heavy (non-hydrogen) atoms. The van der Waals surface area contributed by atoms with E-state index in [0.29, 0.717) is 0 Å². The topological polar surface area (TPSA) is 0 Å². The Morgan fingerprint density at radius 3 is 1.97 bits per heavy atom. The van der Waals surface area contributed by atoms with Crippen molar-refractivity contribution in [2.24, 2.45) is 0 Å². The van der Waals surface area contributed by atoms with E-state index in [1.807, 2.05) is 61.5 Å². The molecule has 0 heterocycles. The molecule has 0 heteroatoms. The van der Waals surface area contributed by atoms with E-state index in [4.69, 9.17) is 0 Å². The summed E-state index contributed by atoms with van der Waals surface area (Å²) in [5.74, 6) is 5.36. The fraction of sp³-hybridized carbons (Fsp3) is 0.419. The minimum absolute atomic E-state index is 0.914. The summed E-state index contributed by atoms with van der Waals surface area (Å²) in [6, 6.07) is 8.67. The fourth-order valence-electron chi connectivity index (χ4n) is 2.76. The molecule has 0 atom stereocenters. The molecule has 0 saturated heterocycles. The van der Waals surface area contributed by atoms with Gasteiger partial charge in [0.15, 0.2) is 0 Å². The monoisotopic (exact) mass is 420 g/mol. The second-order valence-electron chi connectivity index (χ2n) is 6.36. The van der Waals surface area contributed by atoms with E-state index in [1.165, 1.54) is 33.4 Å². The van der Waals surface area contributed by atoms with Crippen molar-refractivity contribution in [2.45, 2.75) is 89.0 Å². The maximum Gasteiger partial charge on any atom is -0.00271 e. The van der Waals surface area contributed by atoms with Crippen molar-refractivity contribution in [1.29, 1.82) is 0 Å². The molecule has 1 aliphatic rings. The smallest absolute Gasteiger partial charge is 0.00271 e. The maximum absolute atomic E-state index is 4.20. The van der Waals surface area contributed by atoms with E-state index in [9.17, 15) is 0 Å². The Balaban J connectivity index is -0.000000676. The molecular weight excluding hydrogens is 372 g/mol. The molecular formula is C31H48. The first-order chi connectivity index (χ1) is 14.9. The van der Waals surface area contributed by atoms with Gasteiger partial charge in [-0.05, 0) is 75.3 Å². The Bertz CT molecular complexity index is 777. The second-order valence-corrected chi connectivity index (χ2v) is 6.36. The van der Waals surface area contributed by atoms with Crippen molar-refractivity contribution < 1.29 is 0 Å². The van der Waals surface area contributed by atoms with Crippen molar-refractivity contribution >= 4 is 5.57 Å². The predicted octanol–water partition coefficient (Wildman–Crippen LogP) is 10.1. The van der Waals surface area contributed by atoms with Crippen LogP contribution in [0.25, 0.3) is 5.57 Å². The van der Waals surface area contributed by atoms with Crippen LogP contribution in [0.2, 0.25) is 0 Å². The summed E-state index contributed by atoms with van der Waals surface area (Å²) in [4.78, 5) is 0. The van der Waals surface area contributed by atoms with Gasteiger partial charge in [0, 0.05) is 0 Å². The summed E-state index contributed by atoms with van der Waals surface area (Å²) in [6.07, 6.45) is 8.34. The molecule has 1 aromatic rings. The summed E-state index contributed by atoms with van der Waals surface area (Å²) in [5.41, 5.74) is 9.20. The number of allylic oxidation sites excluding steroid dienone is 8. The van der Waals surface area contributed by atoms with Crippen LogP contribution in [0.4, 0.5) is 0 Å². The van der Waals surface area contributed by atoms with E-state index in [0.717, 1.165) is 18.4 Å². The highest BCUT2D eigenvalue weighted by atomic mass is 14.2. The molecule has 0 radical (unpaired) electrons. The lowest BCUT2D eigenvalue weighted by Crippen LogP contribution is -1.86. The predicted molar refractivity (Wildman–Crippen MR) is 147 cm³/mol. The molecule has 0 unspecified atom stereocenters. The van der Waals surface area contributed by atoms with Crippen molar-refractivity contribution in [3.05, 3.63) is 89.1 Å². The Labute approximate surface area is 195 Å². The largest absolute Gasteiger partial charge is 0.107 e. The van der Waals surface area contributed by atoms with E-state index in [2.05, 4.69) is 82.2 Å². The minimum Gasteiger partial charge on any atom is -0.107 e. The van der Waals surface area contributed by atoms with Gasteiger partial charge >= 0.3 is 0 Å². The average Bonchev–Trinajstić information content (AvgIpc) is 3.13. The number of benzene rings is 1. The van der Waals surface area contributed by atoms with Gasteiger partial charge < -0.3 is 0 Å². The SMILES string of the molecule is C=CC/C(C)=C\C(=C)/C(C)=C/C1=C(C)Cc2ccccc21.CC.CC.CC.CC#CC. The minimum atomic E-state index is 0.914. The van der Waals surface area contributed by atoms with Crippen LogP contribution in [0.1, 0.15) is 93.7 Å². The summed E-state index contributed by atoms with van der Waals surface area (Å²) in [5, 5.41) is 0. The normalized spacial score (nSPS) is 11.3. The van der Waals surface area contributed by atoms with Gasteiger partial charge in [-0.3, -0.25) is 0 Å². The van der Waals surface area contributed by atoms with Crippen molar-refractivity contribution in [1.82, 2.24) is 0 Å². The fourth-order valence-corrected chi connectivity index (χ4v) is 2.76. The average molecular weight is 421 g/mol.